The molecule has 0 radical (unpaired) electrons. The van der Waals surface area contributed by atoms with Crippen molar-refractivity contribution >= 4 is 11.0 Å². The number of aliphatic hydroxyl groups is 1. The molecule has 0 saturated heterocycles. The highest BCUT2D eigenvalue weighted by atomic mass is 16.3. The van der Waals surface area contributed by atoms with Crippen molar-refractivity contribution in [2.45, 2.75) is 33.2 Å². The monoisotopic (exact) mass is 304 g/mol. The zero-order chi connectivity index (χ0) is 16.1. The second-order valence-corrected chi connectivity index (χ2v) is 6.18. The van der Waals surface area contributed by atoms with Gasteiger partial charge in [0.1, 0.15) is 5.82 Å². The van der Waals surface area contributed by atoms with E-state index in [1.165, 1.54) is 11.1 Å². The number of H-pyrrole nitrogens is 1. The van der Waals surface area contributed by atoms with Gasteiger partial charge < -0.3 is 20.3 Å². The van der Waals surface area contributed by atoms with Crippen molar-refractivity contribution in [2.75, 3.05) is 33.3 Å². The number of aromatic nitrogens is 2. The first-order valence-electron chi connectivity index (χ1n) is 7.99. The maximum absolute atomic E-state index is 8.91. The van der Waals surface area contributed by atoms with Crippen molar-refractivity contribution in [3.05, 3.63) is 29.1 Å². The van der Waals surface area contributed by atoms with Gasteiger partial charge in [-0.05, 0) is 45.0 Å². The Morgan fingerprint density at radius 1 is 1.36 bits per heavy atom. The summed E-state index contributed by atoms with van der Waals surface area (Å²) >= 11 is 0. The predicted octanol–water partition coefficient (Wildman–Crippen LogP) is 1.62. The molecule has 1 unspecified atom stereocenters. The third kappa shape index (κ3) is 4.29. The molecule has 1 aromatic carbocycles. The molecule has 0 aliphatic rings. The van der Waals surface area contributed by atoms with E-state index >= 15 is 0 Å². The van der Waals surface area contributed by atoms with Crippen molar-refractivity contribution in [3.8, 4) is 0 Å². The van der Waals surface area contributed by atoms with E-state index in [4.69, 9.17) is 10.1 Å². The molecular formula is C17H28N4O. The Balaban J connectivity index is 1.86. The average molecular weight is 304 g/mol. The second-order valence-electron chi connectivity index (χ2n) is 6.18. The summed E-state index contributed by atoms with van der Waals surface area (Å²) in [5, 5.41) is 12.4. The van der Waals surface area contributed by atoms with Crippen molar-refractivity contribution in [2.24, 2.45) is 0 Å². The minimum absolute atomic E-state index is 0.209. The minimum Gasteiger partial charge on any atom is -0.395 e. The van der Waals surface area contributed by atoms with Crippen molar-refractivity contribution in [3.63, 3.8) is 0 Å². The topological polar surface area (TPSA) is 64.2 Å². The Hall–Kier alpha value is -1.43. The Bertz CT molecular complexity index is 608. The van der Waals surface area contributed by atoms with Gasteiger partial charge in [-0.25, -0.2) is 4.98 Å². The average Bonchev–Trinajstić information content (AvgIpc) is 2.87. The highest BCUT2D eigenvalue weighted by molar-refractivity contribution is 5.79. The van der Waals surface area contributed by atoms with Crippen molar-refractivity contribution < 1.29 is 5.11 Å². The molecule has 0 aliphatic heterocycles. The maximum atomic E-state index is 8.91. The van der Waals surface area contributed by atoms with Crippen LogP contribution in [-0.4, -0.2) is 59.3 Å². The van der Waals surface area contributed by atoms with E-state index in [-0.39, 0.29) is 6.61 Å². The number of rotatable bonds is 8. The normalized spacial score (nSPS) is 13.2. The highest BCUT2D eigenvalue weighted by Gasteiger charge is 2.08. The summed E-state index contributed by atoms with van der Waals surface area (Å²) in [7, 11) is 2.03. The predicted molar refractivity (Wildman–Crippen MR) is 91.3 cm³/mol. The standard InChI is InChI=1S/C17H28N4O/c1-12-5-6-15-17(14(12)3)20-16(19-15)7-8-18-13(2)11-21(4)9-10-22/h5-6,13,18,22H,7-11H2,1-4H3,(H,19,20). The molecule has 2 rings (SSSR count). The molecule has 1 atom stereocenters. The van der Waals surface area contributed by atoms with Gasteiger partial charge in [-0.15, -0.1) is 0 Å². The molecule has 22 heavy (non-hydrogen) atoms. The van der Waals surface area contributed by atoms with E-state index in [0.717, 1.165) is 36.4 Å². The summed E-state index contributed by atoms with van der Waals surface area (Å²) in [6.07, 6.45) is 0.890. The quantitative estimate of drug-likeness (QED) is 0.693. The number of nitrogens with one attached hydrogen (secondary N) is 2. The van der Waals surface area contributed by atoms with Crippen LogP contribution in [0.2, 0.25) is 0 Å². The minimum atomic E-state index is 0.209. The molecule has 2 aromatic rings. The van der Waals surface area contributed by atoms with Crippen LogP contribution in [0.5, 0.6) is 0 Å². The molecular weight excluding hydrogens is 276 g/mol. The number of aryl methyl sites for hydroxylation is 2. The van der Waals surface area contributed by atoms with Crippen molar-refractivity contribution in [1.82, 2.24) is 20.2 Å². The fourth-order valence-corrected chi connectivity index (χ4v) is 2.71. The van der Waals surface area contributed by atoms with E-state index in [1.54, 1.807) is 0 Å². The van der Waals surface area contributed by atoms with Crippen LogP contribution < -0.4 is 5.32 Å². The molecule has 0 bridgehead atoms. The van der Waals surface area contributed by atoms with Crippen LogP contribution in [0.4, 0.5) is 0 Å². The molecule has 5 heteroatoms. The van der Waals surface area contributed by atoms with Gasteiger partial charge in [-0.1, -0.05) is 6.07 Å². The number of aliphatic hydroxyl groups excluding tert-OH is 1. The molecule has 5 nitrogen and oxygen atoms in total. The molecule has 0 amide bonds. The summed E-state index contributed by atoms with van der Waals surface area (Å²) in [5.74, 6) is 1.03. The molecule has 0 aliphatic carbocycles. The molecule has 0 spiro atoms. The Morgan fingerprint density at radius 3 is 2.86 bits per heavy atom. The third-order valence-electron chi connectivity index (χ3n) is 4.15. The fraction of sp³-hybridized carbons (Fsp3) is 0.588. The van der Waals surface area contributed by atoms with Gasteiger partial charge in [-0.2, -0.15) is 0 Å². The van der Waals surface area contributed by atoms with E-state index < -0.39 is 0 Å². The van der Waals surface area contributed by atoms with Gasteiger partial charge in [0, 0.05) is 32.1 Å². The number of hydrogen-bond acceptors (Lipinski definition) is 4. The number of aromatic amines is 1. The van der Waals surface area contributed by atoms with Gasteiger partial charge in [0.15, 0.2) is 0 Å². The number of nitrogens with zero attached hydrogens (tertiary/aromatic N) is 2. The number of benzene rings is 1. The largest absolute Gasteiger partial charge is 0.395 e. The molecule has 1 aromatic heterocycles. The Labute approximate surface area is 132 Å². The zero-order valence-electron chi connectivity index (χ0n) is 14.1. The lowest BCUT2D eigenvalue weighted by atomic mass is 10.1. The second kappa shape index (κ2) is 7.72. The van der Waals surface area contributed by atoms with Gasteiger partial charge in [0.05, 0.1) is 17.6 Å². The number of likely N-dealkylation sites (N-methyl/N-ethyl adjacent to an activating group) is 1. The highest BCUT2D eigenvalue weighted by Crippen LogP contribution is 2.19. The molecule has 0 saturated carbocycles. The first-order valence-corrected chi connectivity index (χ1v) is 7.99. The van der Waals surface area contributed by atoms with E-state index in [1.807, 2.05) is 7.05 Å². The van der Waals surface area contributed by atoms with Crippen LogP contribution in [0.25, 0.3) is 11.0 Å². The lowest BCUT2D eigenvalue weighted by molar-refractivity contribution is 0.211. The molecule has 122 valence electrons. The smallest absolute Gasteiger partial charge is 0.108 e. The lowest BCUT2D eigenvalue weighted by Gasteiger charge is -2.21. The number of hydrogen-bond donors (Lipinski definition) is 3. The molecule has 3 N–H and O–H groups in total. The van der Waals surface area contributed by atoms with Crippen LogP contribution in [0.15, 0.2) is 12.1 Å². The SMILES string of the molecule is Cc1ccc2[nH]c(CCNC(C)CN(C)CCO)nc2c1C. The zero-order valence-corrected chi connectivity index (χ0v) is 14.1. The van der Waals surface area contributed by atoms with Crippen LogP contribution in [0.3, 0.4) is 0 Å². The van der Waals surface area contributed by atoms with Gasteiger partial charge in [-0.3, -0.25) is 0 Å². The fourth-order valence-electron chi connectivity index (χ4n) is 2.71. The summed E-state index contributed by atoms with van der Waals surface area (Å²) in [5.41, 5.74) is 4.75. The van der Waals surface area contributed by atoms with E-state index in [9.17, 15) is 0 Å². The van der Waals surface area contributed by atoms with E-state index in [0.29, 0.717) is 12.6 Å². The van der Waals surface area contributed by atoms with Crippen LogP contribution >= 0.6 is 0 Å². The summed E-state index contributed by atoms with van der Waals surface area (Å²) < 4.78 is 0. The van der Waals surface area contributed by atoms with Gasteiger partial charge >= 0.3 is 0 Å². The number of imidazole rings is 1. The summed E-state index contributed by atoms with van der Waals surface area (Å²) in [4.78, 5) is 10.3. The number of fused-ring (bicyclic) bond motifs is 1. The Morgan fingerprint density at radius 2 is 2.14 bits per heavy atom. The van der Waals surface area contributed by atoms with Crippen molar-refractivity contribution in [1.29, 1.82) is 0 Å². The van der Waals surface area contributed by atoms with Gasteiger partial charge in [0.2, 0.25) is 0 Å². The summed E-state index contributed by atoms with van der Waals surface area (Å²) in [6, 6.07) is 4.63. The summed E-state index contributed by atoms with van der Waals surface area (Å²) in [6.45, 7) is 9.16. The first kappa shape index (κ1) is 16.9. The van der Waals surface area contributed by atoms with Crippen LogP contribution in [-0.2, 0) is 6.42 Å². The Kier molecular flexibility index (Phi) is 5.94. The maximum Gasteiger partial charge on any atom is 0.108 e. The van der Waals surface area contributed by atoms with E-state index in [2.05, 4.69) is 48.1 Å². The van der Waals surface area contributed by atoms with Crippen LogP contribution in [0.1, 0.15) is 23.9 Å². The third-order valence-corrected chi connectivity index (χ3v) is 4.15. The first-order chi connectivity index (χ1) is 10.5. The molecule has 1 heterocycles. The lowest BCUT2D eigenvalue weighted by Crippen LogP contribution is -2.39. The van der Waals surface area contributed by atoms with Crippen LogP contribution in [0, 0.1) is 13.8 Å². The van der Waals surface area contributed by atoms with Gasteiger partial charge in [0.25, 0.3) is 0 Å². The molecule has 0 fully saturated rings.